The Morgan fingerprint density at radius 1 is 0.269 bits per heavy atom. The number of benzene rings is 12. The van der Waals surface area contributed by atoms with Gasteiger partial charge < -0.3 is 50.7 Å². The molecule has 0 spiro atoms. The molecule has 16 aromatic rings. The highest BCUT2D eigenvalue weighted by Crippen LogP contribution is 2.42. The van der Waals surface area contributed by atoms with Gasteiger partial charge in [-0.15, -0.1) is 0 Å². The number of carbonyl (C=O) groups is 4. The van der Waals surface area contributed by atoms with Crippen LogP contribution in [0.1, 0.15) is 93.1 Å². The lowest BCUT2D eigenvalue weighted by molar-refractivity contribution is -0.684. The number of fused-ring (bicyclic) bond motifs is 4. The van der Waals surface area contributed by atoms with E-state index in [9.17, 15) is 39.6 Å². The molecule has 0 fully saturated rings. The molecule has 0 radical (unpaired) electrons. The summed E-state index contributed by atoms with van der Waals surface area (Å²) in [5.74, 6) is 2.07. The van der Waals surface area contributed by atoms with Gasteiger partial charge in [-0.1, -0.05) is 135 Å². The van der Waals surface area contributed by atoms with Crippen LogP contribution in [0.3, 0.4) is 0 Å². The molecule has 12 aromatic carbocycles. The van der Waals surface area contributed by atoms with E-state index in [4.69, 9.17) is 0 Å². The molecule has 4 amide bonds. The smallest absolute Gasteiger partial charge is 0.350 e. The zero-order chi connectivity index (χ0) is 92.0. The number of nitrogens with one attached hydrogen (secondary N) is 2. The molecule has 0 saturated carbocycles. The number of aromatic nitrogens is 4. The molecule has 0 saturated heterocycles. The van der Waals surface area contributed by atoms with Crippen molar-refractivity contribution in [3.63, 3.8) is 0 Å². The van der Waals surface area contributed by atoms with Crippen LogP contribution in [0.2, 0.25) is 0 Å². The quantitative estimate of drug-likeness (QED) is 0.0171. The topological polar surface area (TPSA) is 301 Å². The highest BCUT2D eigenvalue weighted by Gasteiger charge is 2.24. The van der Waals surface area contributed by atoms with Crippen molar-refractivity contribution in [1.82, 2.24) is 19.6 Å². The van der Waals surface area contributed by atoms with E-state index in [0.29, 0.717) is 146 Å². The fraction of sp³-hybridized carbons (Fsp3) is 0.185. The van der Waals surface area contributed by atoms with E-state index >= 15 is 0 Å². The molecule has 0 aliphatic rings. The number of anilines is 4. The Hall–Kier alpha value is -16.6. The van der Waals surface area contributed by atoms with Gasteiger partial charge >= 0.3 is 23.3 Å². The van der Waals surface area contributed by atoms with Gasteiger partial charge in [0.2, 0.25) is 0 Å². The Morgan fingerprint density at radius 2 is 0.522 bits per heavy atom. The first-order valence-electron chi connectivity index (χ1n) is 43.7. The van der Waals surface area contributed by atoms with E-state index in [1.54, 1.807) is 121 Å². The van der Waals surface area contributed by atoms with Crippen molar-refractivity contribution < 1.29 is 57.9 Å². The summed E-state index contributed by atoms with van der Waals surface area (Å²) in [6.07, 6.45) is 10.3. The summed E-state index contributed by atoms with van der Waals surface area (Å²) in [6.45, 7) is 8.28. The maximum atomic E-state index is 13.5. The molecule has 6 N–H and O–H groups in total. The van der Waals surface area contributed by atoms with Crippen LogP contribution in [0.25, 0.3) is 43.1 Å². The number of hydrogen-bond donors (Lipinski definition) is 6. The van der Waals surface area contributed by atoms with Crippen molar-refractivity contribution in [2.24, 2.45) is 40.9 Å². The van der Waals surface area contributed by atoms with Gasteiger partial charge in [-0.2, -0.15) is 0 Å². The van der Waals surface area contributed by atoms with Gasteiger partial charge in [0.1, 0.15) is 23.0 Å². The van der Waals surface area contributed by atoms with Crippen molar-refractivity contribution in [1.29, 1.82) is 0 Å². The number of carbonyl (C=O) groups excluding carboxylic acids is 4. The minimum atomic E-state index is -0.150. The molecule has 0 aliphatic carbocycles. The number of aryl methyl sites for hydroxylation is 6. The third kappa shape index (κ3) is 23.9. The first-order valence-corrected chi connectivity index (χ1v) is 43.7. The number of nitrogens with zero attached hydrogens (tertiary/aromatic N) is 16. The second kappa shape index (κ2) is 45.1. The molecule has 4 aromatic heterocycles. The molecule has 4 heterocycles. The fourth-order valence-corrected chi connectivity index (χ4v) is 15.5. The van der Waals surface area contributed by atoms with E-state index in [1.807, 2.05) is 287 Å². The number of aromatic hydroxyl groups is 4. The van der Waals surface area contributed by atoms with Crippen LogP contribution in [0.4, 0.5) is 68.8 Å². The predicted molar refractivity (Wildman–Crippen MR) is 527 cm³/mol. The summed E-state index contributed by atoms with van der Waals surface area (Å²) < 4.78 is 7.86. The first kappa shape index (κ1) is 95.0. The summed E-state index contributed by atoms with van der Waals surface area (Å²) in [5.41, 5.74) is 9.47. The zero-order valence-electron chi connectivity index (χ0n) is 74.2. The largest absolute Gasteiger partial charge is 0.506 e. The Bertz CT molecular complexity index is 6580. The normalized spacial score (nSPS) is 11.3. The Kier molecular flexibility index (Phi) is 31.9. The molecule has 676 valence electrons. The molecule has 0 atom stereocenters. The molecule has 134 heavy (non-hydrogen) atoms. The summed E-state index contributed by atoms with van der Waals surface area (Å²) >= 11 is 0. The zero-order valence-corrected chi connectivity index (χ0v) is 74.2. The number of pyridine rings is 4. The van der Waals surface area contributed by atoms with Gasteiger partial charge in [0.05, 0.1) is 71.4 Å². The number of rotatable bonds is 32. The van der Waals surface area contributed by atoms with Gasteiger partial charge in [-0.05, 0) is 226 Å². The fourth-order valence-electron chi connectivity index (χ4n) is 15.5. The van der Waals surface area contributed by atoms with Gasteiger partial charge in [0, 0.05) is 171 Å². The number of azo groups is 4. The van der Waals surface area contributed by atoms with Gasteiger partial charge in [0.15, 0.2) is 22.7 Å². The lowest BCUT2D eigenvalue weighted by Gasteiger charge is -2.18. The summed E-state index contributed by atoms with van der Waals surface area (Å²) in [5, 5.41) is 92.5. The molecule has 0 unspecified atom stereocenters. The third-order valence-electron chi connectivity index (χ3n) is 22.7. The summed E-state index contributed by atoms with van der Waals surface area (Å²) in [6, 6.07) is 93.8. The molecule has 26 heteroatoms. The van der Waals surface area contributed by atoms with Gasteiger partial charge in [-0.25, -0.2) is 18.3 Å². The minimum absolute atomic E-state index is 0. The second-order valence-corrected chi connectivity index (χ2v) is 32.3. The number of hydrogen-bond acceptors (Lipinski definition) is 18. The maximum Gasteiger partial charge on any atom is 0.350 e. The van der Waals surface area contributed by atoms with Crippen LogP contribution in [0, 0.1) is 13.8 Å². The van der Waals surface area contributed by atoms with Gasteiger partial charge in [-0.3, -0.25) is 19.2 Å². The Morgan fingerprint density at radius 3 is 0.806 bits per heavy atom. The number of para-hydroxylation sites is 2. The maximum absolute atomic E-state index is 13.5. The van der Waals surface area contributed by atoms with Gasteiger partial charge in [0.25, 0.3) is 23.6 Å². The second-order valence-electron chi connectivity index (χ2n) is 32.3. The van der Waals surface area contributed by atoms with E-state index in [2.05, 4.69) is 51.5 Å². The standard InChI is InChI=1S/C58H52N10O4.C48H46N8O4.2CH4/c1-65(33-13-37-67-35-11-9-19-53(67)61-63-55-49-29-27-47(39-43(49)25-31-51(55)69)59-45-15-5-3-6-16-45)57(71)41-21-23-42(24-22-41)58(72)66(2)34-14-38-68-36-12-10-20-54(68)62-64-56-50-30-28-48(40-44(50)26-32-52(56)70)60-46-17-7-4-8-18-46;1-33-13-15-35-21-23-41(57)45(39(35)31-33)51-49-43-11-5-7-27-55(43)29-9-25-53(3)47(59)37-17-19-38(20-18-37)48(60)54(4)26-10-30-56-28-8-6-12-44(56)50-52-46-40-32-34(2)14-16-36(40)22-24-42(46)58;;/h3-12,15-32,35-36,39-40H,13-14,33-34,37-38H2,1-2H3,(H2,59,60,63,64);5-8,11-24,27-28,31-32H,9-10,25-26,29-30H2,1-4H3;2*1H4/p+4. The lowest BCUT2D eigenvalue weighted by atomic mass is 10.1. The van der Waals surface area contributed by atoms with Crippen LogP contribution < -0.4 is 28.9 Å². The molecule has 26 nitrogen and oxygen atoms in total. The number of amides is 4. The Balaban J connectivity index is 0.000000228. The third-order valence-corrected chi connectivity index (χ3v) is 22.7. The van der Waals surface area contributed by atoms with Crippen LogP contribution in [-0.4, -0.2) is 118 Å². The van der Waals surface area contributed by atoms with Crippen molar-refractivity contribution in [3.8, 4) is 23.0 Å². The highest BCUT2D eigenvalue weighted by molar-refractivity contribution is 6.02. The number of phenols is 4. The molecular formula is C108H110N18O8+4. The Labute approximate surface area is 779 Å². The van der Waals surface area contributed by atoms with Crippen molar-refractivity contribution in [3.05, 3.63) is 361 Å². The highest BCUT2D eigenvalue weighted by atomic mass is 16.3. The predicted octanol–water partition coefficient (Wildman–Crippen LogP) is 23.6. The molecular weight excluding hydrogens is 1680 g/mol. The monoisotopic (exact) mass is 1790 g/mol. The first-order chi connectivity index (χ1) is 64.2. The van der Waals surface area contributed by atoms with Crippen molar-refractivity contribution >= 4 is 135 Å². The van der Waals surface area contributed by atoms with E-state index in [-0.39, 0.29) is 61.5 Å². The molecule has 0 aliphatic heterocycles. The van der Waals surface area contributed by atoms with E-state index < -0.39 is 0 Å². The van der Waals surface area contributed by atoms with E-state index in [1.165, 1.54) is 0 Å². The van der Waals surface area contributed by atoms with E-state index in [0.717, 1.165) is 77.0 Å². The minimum Gasteiger partial charge on any atom is -0.506 e. The van der Waals surface area contributed by atoms with Crippen molar-refractivity contribution in [2.45, 2.75) is 80.6 Å². The van der Waals surface area contributed by atoms with Crippen LogP contribution in [0.5, 0.6) is 23.0 Å². The average Bonchev–Trinajstić information content (AvgIpc) is 0.783. The summed E-state index contributed by atoms with van der Waals surface area (Å²) in [4.78, 5) is 60.3. The van der Waals surface area contributed by atoms with Crippen LogP contribution >= 0.6 is 0 Å². The average molecular weight is 1790 g/mol. The van der Waals surface area contributed by atoms with Crippen LogP contribution in [-0.2, 0) is 26.2 Å². The molecule has 0 bridgehead atoms. The SMILES string of the molecule is C.C.CN(CCC[n+]1ccccc1N=Nc1c(O)ccc2cc(Nc3ccccc3)ccc12)C(=O)c1ccc(C(=O)N(C)CCC[n+]2ccccc2N=Nc2c(O)ccc3cc(Nc4ccccc4)ccc23)cc1.Cc1ccc2ccc(O)c(N=Nc3cccc[n+]3CCCN(C)C(=O)c3ccc(C(=O)N(C)CCC[n+]4ccccc4N=Nc4c(O)ccc5ccc(C)cc45)cc3)c2c1. The lowest BCUT2D eigenvalue weighted by Crippen LogP contribution is -2.36. The molecule has 16 rings (SSSR count). The summed E-state index contributed by atoms with van der Waals surface area (Å²) in [7, 11) is 7.06. The number of phenolic OH excluding ortho intramolecular Hbond substituents is 4. The van der Waals surface area contributed by atoms with Crippen molar-refractivity contribution in [2.75, 3.05) is 65.0 Å². The van der Waals surface area contributed by atoms with Crippen LogP contribution in [0.15, 0.2) is 369 Å².